The fourth-order valence-corrected chi connectivity index (χ4v) is 1.87. The molecule has 0 saturated carbocycles. The van der Waals surface area contributed by atoms with E-state index in [0.29, 0.717) is 12.7 Å². The third-order valence-electron chi connectivity index (χ3n) is 2.72. The fourth-order valence-electron chi connectivity index (χ4n) is 1.87. The van der Waals surface area contributed by atoms with Gasteiger partial charge in [-0.1, -0.05) is 12.1 Å². The summed E-state index contributed by atoms with van der Waals surface area (Å²) in [4.78, 5) is 2.25. The normalized spacial score (nSPS) is 22.1. The lowest BCUT2D eigenvalue weighted by atomic mass is 10.2. The SMILES string of the molecule is CN1CCC(OCc2cccc(F)c2)C1. The maximum Gasteiger partial charge on any atom is 0.123 e. The van der Waals surface area contributed by atoms with Crippen LogP contribution in [0.4, 0.5) is 4.39 Å². The first-order valence-corrected chi connectivity index (χ1v) is 5.28. The molecule has 1 aliphatic rings. The van der Waals surface area contributed by atoms with Gasteiger partial charge in [-0.3, -0.25) is 0 Å². The van der Waals surface area contributed by atoms with E-state index in [4.69, 9.17) is 4.74 Å². The highest BCUT2D eigenvalue weighted by Crippen LogP contribution is 2.13. The minimum atomic E-state index is -0.195. The van der Waals surface area contributed by atoms with Gasteiger partial charge in [0.2, 0.25) is 0 Å². The van der Waals surface area contributed by atoms with Gasteiger partial charge in [0.1, 0.15) is 5.82 Å². The van der Waals surface area contributed by atoms with Gasteiger partial charge in [-0.05, 0) is 31.2 Å². The number of hydrogen-bond acceptors (Lipinski definition) is 2. The number of halogens is 1. The second-order valence-electron chi connectivity index (χ2n) is 4.11. The summed E-state index contributed by atoms with van der Waals surface area (Å²) < 4.78 is 18.6. The number of likely N-dealkylation sites (N-methyl/N-ethyl adjacent to an activating group) is 1. The zero-order valence-electron chi connectivity index (χ0n) is 8.95. The predicted molar refractivity (Wildman–Crippen MR) is 57.1 cm³/mol. The fraction of sp³-hybridized carbons (Fsp3) is 0.500. The molecule has 0 aromatic heterocycles. The molecule has 1 aromatic rings. The number of likely N-dealkylation sites (tertiary alicyclic amines) is 1. The van der Waals surface area contributed by atoms with Gasteiger partial charge in [0, 0.05) is 13.1 Å². The monoisotopic (exact) mass is 209 g/mol. The molecule has 0 N–H and O–H groups in total. The molecule has 82 valence electrons. The Morgan fingerprint density at radius 3 is 3.07 bits per heavy atom. The summed E-state index contributed by atoms with van der Waals surface area (Å²) in [5.41, 5.74) is 0.907. The number of hydrogen-bond donors (Lipinski definition) is 0. The van der Waals surface area contributed by atoms with E-state index in [9.17, 15) is 4.39 Å². The molecule has 1 aliphatic heterocycles. The molecular weight excluding hydrogens is 193 g/mol. The van der Waals surface area contributed by atoms with E-state index in [1.54, 1.807) is 6.07 Å². The van der Waals surface area contributed by atoms with Crippen molar-refractivity contribution in [3.05, 3.63) is 35.6 Å². The predicted octanol–water partition coefficient (Wildman–Crippen LogP) is 2.05. The van der Waals surface area contributed by atoms with E-state index in [0.717, 1.165) is 25.1 Å². The Hall–Kier alpha value is -0.930. The van der Waals surface area contributed by atoms with Crippen molar-refractivity contribution in [2.24, 2.45) is 0 Å². The quantitative estimate of drug-likeness (QED) is 0.755. The average Bonchev–Trinajstić information content (AvgIpc) is 2.62. The van der Waals surface area contributed by atoms with Gasteiger partial charge in [-0.15, -0.1) is 0 Å². The van der Waals surface area contributed by atoms with E-state index in [-0.39, 0.29) is 5.82 Å². The molecule has 1 aromatic carbocycles. The van der Waals surface area contributed by atoms with Crippen LogP contribution in [-0.2, 0) is 11.3 Å². The Balaban J connectivity index is 1.83. The molecule has 0 radical (unpaired) electrons. The van der Waals surface area contributed by atoms with E-state index in [1.165, 1.54) is 12.1 Å². The van der Waals surface area contributed by atoms with E-state index >= 15 is 0 Å². The zero-order valence-corrected chi connectivity index (χ0v) is 8.95. The highest BCUT2D eigenvalue weighted by molar-refractivity contribution is 5.15. The molecule has 0 bridgehead atoms. The molecule has 1 unspecified atom stereocenters. The highest BCUT2D eigenvalue weighted by atomic mass is 19.1. The van der Waals surface area contributed by atoms with Crippen LogP contribution in [0.1, 0.15) is 12.0 Å². The third kappa shape index (κ3) is 3.01. The van der Waals surface area contributed by atoms with Gasteiger partial charge in [0.25, 0.3) is 0 Å². The van der Waals surface area contributed by atoms with Gasteiger partial charge >= 0.3 is 0 Å². The molecular formula is C12H16FNO. The van der Waals surface area contributed by atoms with Gasteiger partial charge in [0.15, 0.2) is 0 Å². The third-order valence-corrected chi connectivity index (χ3v) is 2.72. The maximum atomic E-state index is 12.9. The molecule has 0 spiro atoms. The second kappa shape index (κ2) is 4.73. The van der Waals surface area contributed by atoms with Crippen LogP contribution < -0.4 is 0 Å². The molecule has 3 heteroatoms. The summed E-state index contributed by atoms with van der Waals surface area (Å²) in [6, 6.07) is 6.59. The van der Waals surface area contributed by atoms with Crippen LogP contribution in [0.15, 0.2) is 24.3 Å². The summed E-state index contributed by atoms with van der Waals surface area (Å²) in [5.74, 6) is -0.195. The van der Waals surface area contributed by atoms with Crippen LogP contribution in [0, 0.1) is 5.82 Å². The first kappa shape index (κ1) is 10.6. The van der Waals surface area contributed by atoms with Crippen molar-refractivity contribution in [1.82, 2.24) is 4.90 Å². The number of rotatable bonds is 3. The molecule has 0 amide bonds. The zero-order chi connectivity index (χ0) is 10.7. The highest BCUT2D eigenvalue weighted by Gasteiger charge is 2.19. The van der Waals surface area contributed by atoms with Crippen LogP contribution in [0.25, 0.3) is 0 Å². The minimum absolute atomic E-state index is 0.195. The maximum absolute atomic E-state index is 12.9. The minimum Gasteiger partial charge on any atom is -0.372 e. The van der Waals surface area contributed by atoms with Crippen molar-refractivity contribution >= 4 is 0 Å². The van der Waals surface area contributed by atoms with Crippen LogP contribution in [-0.4, -0.2) is 31.1 Å². The largest absolute Gasteiger partial charge is 0.372 e. The van der Waals surface area contributed by atoms with Crippen molar-refractivity contribution in [3.8, 4) is 0 Å². The molecule has 1 atom stereocenters. The molecule has 1 fully saturated rings. The van der Waals surface area contributed by atoms with Crippen molar-refractivity contribution in [2.45, 2.75) is 19.1 Å². The van der Waals surface area contributed by atoms with E-state index < -0.39 is 0 Å². The molecule has 1 heterocycles. The number of ether oxygens (including phenoxy) is 1. The molecule has 15 heavy (non-hydrogen) atoms. The lowest BCUT2D eigenvalue weighted by molar-refractivity contribution is 0.0482. The Bertz CT molecular complexity index is 329. The number of benzene rings is 1. The van der Waals surface area contributed by atoms with Crippen molar-refractivity contribution < 1.29 is 9.13 Å². The Labute approximate surface area is 89.7 Å². The molecule has 2 rings (SSSR count). The van der Waals surface area contributed by atoms with E-state index in [1.807, 2.05) is 6.07 Å². The van der Waals surface area contributed by atoms with Gasteiger partial charge < -0.3 is 9.64 Å². The first-order valence-electron chi connectivity index (χ1n) is 5.28. The van der Waals surface area contributed by atoms with Crippen molar-refractivity contribution in [2.75, 3.05) is 20.1 Å². The topological polar surface area (TPSA) is 12.5 Å². The summed E-state index contributed by atoms with van der Waals surface area (Å²) in [6.45, 7) is 2.58. The van der Waals surface area contributed by atoms with Crippen molar-refractivity contribution in [1.29, 1.82) is 0 Å². The van der Waals surface area contributed by atoms with E-state index in [2.05, 4.69) is 11.9 Å². The molecule has 0 aliphatic carbocycles. The summed E-state index contributed by atoms with van der Waals surface area (Å²) in [6.07, 6.45) is 1.38. The average molecular weight is 209 g/mol. The first-order chi connectivity index (χ1) is 7.24. The standard InChI is InChI=1S/C12H16FNO/c1-14-6-5-12(8-14)15-9-10-3-2-4-11(13)7-10/h2-4,7,12H,5-6,8-9H2,1H3. The van der Waals surface area contributed by atoms with Crippen LogP contribution in [0.3, 0.4) is 0 Å². The van der Waals surface area contributed by atoms with Crippen molar-refractivity contribution in [3.63, 3.8) is 0 Å². The summed E-state index contributed by atoms with van der Waals surface area (Å²) >= 11 is 0. The Morgan fingerprint density at radius 2 is 2.40 bits per heavy atom. The summed E-state index contributed by atoms with van der Waals surface area (Å²) in [7, 11) is 2.09. The lowest BCUT2D eigenvalue weighted by Crippen LogP contribution is -2.18. The second-order valence-corrected chi connectivity index (χ2v) is 4.11. The summed E-state index contributed by atoms with van der Waals surface area (Å²) in [5, 5.41) is 0. The van der Waals surface area contributed by atoms with Gasteiger partial charge in [-0.2, -0.15) is 0 Å². The smallest absolute Gasteiger partial charge is 0.123 e. The Kier molecular flexibility index (Phi) is 3.34. The van der Waals surface area contributed by atoms with Crippen LogP contribution in [0.5, 0.6) is 0 Å². The lowest BCUT2D eigenvalue weighted by Gasteiger charge is -2.11. The van der Waals surface area contributed by atoms with Crippen LogP contribution >= 0.6 is 0 Å². The Morgan fingerprint density at radius 1 is 1.53 bits per heavy atom. The molecule has 1 saturated heterocycles. The molecule has 2 nitrogen and oxygen atoms in total. The van der Waals surface area contributed by atoms with Crippen LogP contribution in [0.2, 0.25) is 0 Å². The van der Waals surface area contributed by atoms with Gasteiger partial charge in [0.05, 0.1) is 12.7 Å². The van der Waals surface area contributed by atoms with Gasteiger partial charge in [-0.25, -0.2) is 4.39 Å². The number of nitrogens with zero attached hydrogens (tertiary/aromatic N) is 1.